The fourth-order valence-electron chi connectivity index (χ4n) is 1.83. The second-order valence-electron chi connectivity index (χ2n) is 6.46. The van der Waals surface area contributed by atoms with Crippen LogP contribution in [0.15, 0.2) is 0 Å². The van der Waals surface area contributed by atoms with Crippen molar-refractivity contribution in [3.05, 3.63) is 0 Å². The summed E-state index contributed by atoms with van der Waals surface area (Å²) in [7, 11) is -1.26. The van der Waals surface area contributed by atoms with E-state index in [1.807, 2.05) is 0 Å². The molecule has 0 radical (unpaired) electrons. The van der Waals surface area contributed by atoms with Gasteiger partial charge in [-0.15, -0.1) is 0 Å². The van der Waals surface area contributed by atoms with E-state index in [1.165, 1.54) is 0 Å². The Morgan fingerprint density at radius 3 is 2.21 bits per heavy atom. The lowest BCUT2D eigenvalue weighted by atomic mass is 9.79. The smallest absolute Gasteiger partial charge is 0.152 e. The molecule has 116 valence electrons. The number of nitrogens with one attached hydrogen (secondary N) is 1. The Hall–Kier alpha value is -0.130. The molecule has 0 bridgehead atoms. The molecule has 0 saturated carbocycles. The van der Waals surface area contributed by atoms with E-state index in [2.05, 4.69) is 26.1 Å². The predicted octanol–water partition coefficient (Wildman–Crippen LogP) is 2.10. The van der Waals surface area contributed by atoms with Crippen LogP contribution in [0.25, 0.3) is 0 Å². The van der Waals surface area contributed by atoms with Crippen molar-refractivity contribution < 1.29 is 13.2 Å². The van der Waals surface area contributed by atoms with E-state index in [4.69, 9.17) is 4.74 Å². The van der Waals surface area contributed by atoms with E-state index in [1.54, 1.807) is 21.0 Å². The molecule has 0 aromatic heterocycles. The average Bonchev–Trinajstić information content (AvgIpc) is 2.26. The summed E-state index contributed by atoms with van der Waals surface area (Å²) in [4.78, 5) is 0. The Morgan fingerprint density at radius 1 is 1.21 bits per heavy atom. The molecule has 0 aromatic rings. The predicted molar refractivity (Wildman–Crippen MR) is 81.2 cm³/mol. The zero-order chi connectivity index (χ0) is 15.1. The maximum absolute atomic E-state index is 11.9. The lowest BCUT2D eigenvalue weighted by Crippen LogP contribution is -2.35. The number of sulfone groups is 1. The monoisotopic (exact) mass is 293 g/mol. The average molecular weight is 293 g/mol. The van der Waals surface area contributed by atoms with Gasteiger partial charge in [-0.1, -0.05) is 20.8 Å². The summed E-state index contributed by atoms with van der Waals surface area (Å²) in [6, 6.07) is 0. The number of ether oxygens (including phenoxy) is 1. The van der Waals surface area contributed by atoms with Crippen LogP contribution in [0.5, 0.6) is 0 Å². The van der Waals surface area contributed by atoms with Gasteiger partial charge in [0.2, 0.25) is 0 Å². The molecule has 0 amide bonds. The first-order valence-electron chi connectivity index (χ1n) is 7.02. The summed E-state index contributed by atoms with van der Waals surface area (Å²) in [5.41, 5.74) is 0.104. The van der Waals surface area contributed by atoms with Crippen LogP contribution in [0.4, 0.5) is 0 Å². The molecule has 0 rings (SSSR count). The second-order valence-corrected chi connectivity index (χ2v) is 9.14. The van der Waals surface area contributed by atoms with E-state index < -0.39 is 9.84 Å². The highest BCUT2D eigenvalue weighted by Crippen LogP contribution is 2.28. The van der Waals surface area contributed by atoms with Crippen LogP contribution in [0, 0.1) is 11.3 Å². The topological polar surface area (TPSA) is 55.4 Å². The number of hydrogen-bond acceptors (Lipinski definition) is 4. The molecule has 1 unspecified atom stereocenters. The summed E-state index contributed by atoms with van der Waals surface area (Å²) in [5, 5.41) is 3.06. The number of methoxy groups -OCH3 is 1. The van der Waals surface area contributed by atoms with Crippen molar-refractivity contribution >= 4 is 9.84 Å². The Bertz CT molecular complexity index is 331. The molecule has 0 spiro atoms. The molecule has 0 aliphatic carbocycles. The highest BCUT2D eigenvalue weighted by atomic mass is 32.2. The van der Waals surface area contributed by atoms with Crippen LogP contribution >= 0.6 is 0 Å². The maximum atomic E-state index is 11.9. The third-order valence-corrected chi connectivity index (χ3v) is 5.81. The lowest BCUT2D eigenvalue weighted by molar-refractivity contribution is 0.185. The van der Waals surface area contributed by atoms with Crippen LogP contribution in [-0.2, 0) is 14.6 Å². The van der Waals surface area contributed by atoms with Gasteiger partial charge in [-0.05, 0) is 38.1 Å². The van der Waals surface area contributed by atoms with E-state index >= 15 is 0 Å². The summed E-state index contributed by atoms with van der Waals surface area (Å²) < 4.78 is 28.8. The van der Waals surface area contributed by atoms with Crippen molar-refractivity contribution in [2.75, 3.05) is 32.6 Å². The van der Waals surface area contributed by atoms with Crippen LogP contribution in [-0.4, -0.2) is 46.2 Å². The first kappa shape index (κ1) is 18.9. The fourth-order valence-corrected chi connectivity index (χ4v) is 2.92. The summed E-state index contributed by atoms with van der Waals surface area (Å²) in [6.45, 7) is 12.3. The molecule has 19 heavy (non-hydrogen) atoms. The normalized spacial score (nSPS) is 14.9. The summed E-state index contributed by atoms with van der Waals surface area (Å²) in [6.07, 6.45) is 0.712. The second kappa shape index (κ2) is 8.22. The van der Waals surface area contributed by atoms with Gasteiger partial charge in [-0.25, -0.2) is 8.42 Å². The lowest BCUT2D eigenvalue weighted by Gasteiger charge is -2.31. The first-order chi connectivity index (χ1) is 8.61. The minimum Gasteiger partial charge on any atom is -0.383 e. The molecule has 0 heterocycles. The van der Waals surface area contributed by atoms with Crippen LogP contribution in [0.3, 0.4) is 0 Å². The minimum absolute atomic E-state index is 0.104. The van der Waals surface area contributed by atoms with Crippen molar-refractivity contribution in [3.63, 3.8) is 0 Å². The minimum atomic E-state index is -2.94. The van der Waals surface area contributed by atoms with Crippen LogP contribution in [0.2, 0.25) is 0 Å². The molecule has 0 fully saturated rings. The molecule has 0 aliphatic rings. The Kier molecular flexibility index (Phi) is 8.17. The third kappa shape index (κ3) is 7.90. The maximum Gasteiger partial charge on any atom is 0.152 e. The van der Waals surface area contributed by atoms with E-state index in [9.17, 15) is 8.42 Å². The Balaban J connectivity index is 4.38. The van der Waals surface area contributed by atoms with Gasteiger partial charge in [0.05, 0.1) is 17.6 Å². The van der Waals surface area contributed by atoms with Gasteiger partial charge < -0.3 is 10.1 Å². The fraction of sp³-hybridized carbons (Fsp3) is 1.00. The first-order valence-corrected chi connectivity index (χ1v) is 8.74. The van der Waals surface area contributed by atoms with Gasteiger partial charge in [-0.3, -0.25) is 0 Å². The number of hydrogen-bond donors (Lipinski definition) is 1. The van der Waals surface area contributed by atoms with Gasteiger partial charge in [0.25, 0.3) is 0 Å². The van der Waals surface area contributed by atoms with Crippen molar-refractivity contribution in [2.24, 2.45) is 11.3 Å². The molecular formula is C14H31NO3S. The molecule has 5 heteroatoms. The molecule has 4 nitrogen and oxygen atoms in total. The standard InChI is InChI=1S/C14H31NO3S/c1-12(2)19(16,17)10-7-13(14(3,4)5)11-15-8-9-18-6/h12-13,15H,7-11H2,1-6H3. The summed E-state index contributed by atoms with van der Waals surface area (Å²) >= 11 is 0. The Labute approximate surface area is 119 Å². The zero-order valence-corrected chi connectivity index (χ0v) is 14.1. The Morgan fingerprint density at radius 2 is 1.79 bits per heavy atom. The highest BCUT2D eigenvalue weighted by Gasteiger charge is 2.27. The molecular weight excluding hydrogens is 262 g/mol. The molecule has 1 atom stereocenters. The summed E-state index contributed by atoms with van der Waals surface area (Å²) in [5.74, 6) is 0.622. The molecule has 0 aliphatic heterocycles. The van der Waals surface area contributed by atoms with Crippen molar-refractivity contribution in [1.29, 1.82) is 0 Å². The van der Waals surface area contributed by atoms with Gasteiger partial charge in [0.15, 0.2) is 9.84 Å². The van der Waals surface area contributed by atoms with E-state index in [-0.39, 0.29) is 16.4 Å². The van der Waals surface area contributed by atoms with Crippen molar-refractivity contribution in [3.8, 4) is 0 Å². The quantitative estimate of drug-likeness (QED) is 0.661. The SMILES string of the molecule is COCCNCC(CCS(=O)(=O)C(C)C)C(C)(C)C. The van der Waals surface area contributed by atoms with Crippen LogP contribution < -0.4 is 5.32 Å². The van der Waals surface area contributed by atoms with E-state index in [0.29, 0.717) is 18.9 Å². The van der Waals surface area contributed by atoms with E-state index in [0.717, 1.165) is 13.1 Å². The van der Waals surface area contributed by atoms with Gasteiger partial charge in [0, 0.05) is 13.7 Å². The van der Waals surface area contributed by atoms with Gasteiger partial charge in [-0.2, -0.15) is 0 Å². The van der Waals surface area contributed by atoms with Crippen molar-refractivity contribution in [2.45, 2.75) is 46.3 Å². The van der Waals surface area contributed by atoms with Gasteiger partial charge >= 0.3 is 0 Å². The molecule has 0 saturated heterocycles. The third-order valence-electron chi connectivity index (χ3n) is 3.57. The zero-order valence-electron chi connectivity index (χ0n) is 13.3. The largest absolute Gasteiger partial charge is 0.383 e. The molecule has 1 N–H and O–H groups in total. The van der Waals surface area contributed by atoms with Crippen molar-refractivity contribution in [1.82, 2.24) is 5.32 Å². The highest BCUT2D eigenvalue weighted by molar-refractivity contribution is 7.91. The van der Waals surface area contributed by atoms with Crippen LogP contribution in [0.1, 0.15) is 41.0 Å². The number of rotatable bonds is 9. The molecule has 0 aromatic carbocycles. The van der Waals surface area contributed by atoms with Gasteiger partial charge in [0.1, 0.15) is 0 Å².